The van der Waals surface area contributed by atoms with Gasteiger partial charge in [0.05, 0.1) is 11.6 Å². The second-order valence-electron chi connectivity index (χ2n) is 4.09. The first-order valence-electron chi connectivity index (χ1n) is 5.25. The normalized spacial score (nSPS) is 20.1. The quantitative estimate of drug-likeness (QED) is 0.849. The van der Waals surface area contributed by atoms with Crippen LogP contribution in [0.2, 0.25) is 0 Å². The Morgan fingerprint density at radius 3 is 2.56 bits per heavy atom. The van der Waals surface area contributed by atoms with Crippen LogP contribution in [-0.2, 0) is 6.54 Å². The molecule has 1 aromatic rings. The van der Waals surface area contributed by atoms with Crippen molar-refractivity contribution in [2.75, 3.05) is 13.1 Å². The van der Waals surface area contributed by atoms with E-state index in [1.165, 1.54) is 5.56 Å². The number of rotatable bonds is 2. The first-order valence-corrected chi connectivity index (χ1v) is 5.25. The molecule has 86 valence electrons. The zero-order valence-electron chi connectivity index (χ0n) is 9.10. The molecule has 0 radical (unpaired) electrons. The first-order chi connectivity index (χ1) is 7.28. The molecule has 0 aromatic heterocycles. The average Bonchev–Trinajstić information content (AvgIpc) is 2.65. The highest BCUT2D eigenvalue weighted by Gasteiger charge is 2.18. The number of nitrogens with zero attached hydrogens (tertiary/aromatic N) is 2. The predicted molar refractivity (Wildman–Crippen MR) is 66.3 cm³/mol. The van der Waals surface area contributed by atoms with E-state index in [1.807, 2.05) is 24.3 Å². The number of hydrogen-bond donors (Lipinski definition) is 1. The van der Waals surface area contributed by atoms with E-state index < -0.39 is 0 Å². The van der Waals surface area contributed by atoms with Crippen molar-refractivity contribution in [1.82, 2.24) is 4.90 Å². The van der Waals surface area contributed by atoms with Gasteiger partial charge in [0.25, 0.3) is 0 Å². The molecule has 0 spiro atoms. The average molecular weight is 238 g/mol. The summed E-state index contributed by atoms with van der Waals surface area (Å²) in [6, 6.07) is 10.2. The Kier molecular flexibility index (Phi) is 4.75. The Bertz CT molecular complexity index is 369. The molecule has 2 rings (SSSR count). The van der Waals surface area contributed by atoms with E-state index >= 15 is 0 Å². The van der Waals surface area contributed by atoms with E-state index in [9.17, 15) is 0 Å². The van der Waals surface area contributed by atoms with Crippen LogP contribution in [0.25, 0.3) is 0 Å². The summed E-state index contributed by atoms with van der Waals surface area (Å²) >= 11 is 0. The van der Waals surface area contributed by atoms with Gasteiger partial charge in [0.15, 0.2) is 0 Å². The van der Waals surface area contributed by atoms with Crippen molar-refractivity contribution in [3.05, 3.63) is 35.4 Å². The highest BCUT2D eigenvalue weighted by molar-refractivity contribution is 5.85. The molecule has 1 aromatic carbocycles. The van der Waals surface area contributed by atoms with Gasteiger partial charge in [-0.3, -0.25) is 4.90 Å². The number of benzene rings is 1. The lowest BCUT2D eigenvalue weighted by molar-refractivity contribution is 0.327. The monoisotopic (exact) mass is 237 g/mol. The molecular formula is C12H16ClN3. The lowest BCUT2D eigenvalue weighted by Crippen LogP contribution is -2.26. The van der Waals surface area contributed by atoms with Gasteiger partial charge in [-0.15, -0.1) is 12.4 Å². The second-order valence-corrected chi connectivity index (χ2v) is 4.09. The van der Waals surface area contributed by atoms with Gasteiger partial charge in [0, 0.05) is 25.7 Å². The van der Waals surface area contributed by atoms with Crippen molar-refractivity contribution in [2.24, 2.45) is 5.73 Å². The zero-order chi connectivity index (χ0) is 10.7. The summed E-state index contributed by atoms with van der Waals surface area (Å²) in [6.45, 7) is 3.01. The minimum absolute atomic E-state index is 0. The molecular weight excluding hydrogens is 222 g/mol. The predicted octanol–water partition coefficient (Wildman–Crippen LogP) is 1.51. The molecule has 0 unspecified atom stereocenters. The van der Waals surface area contributed by atoms with Crippen LogP contribution in [0.1, 0.15) is 17.5 Å². The highest BCUT2D eigenvalue weighted by Crippen LogP contribution is 2.12. The van der Waals surface area contributed by atoms with Crippen LogP contribution in [0, 0.1) is 11.3 Å². The topological polar surface area (TPSA) is 53.0 Å². The maximum atomic E-state index is 8.67. The van der Waals surface area contributed by atoms with E-state index in [1.54, 1.807) is 0 Å². The lowest BCUT2D eigenvalue weighted by Gasteiger charge is -2.14. The molecule has 1 heterocycles. The van der Waals surface area contributed by atoms with Crippen molar-refractivity contribution in [3.63, 3.8) is 0 Å². The number of likely N-dealkylation sites (tertiary alicyclic amines) is 1. The van der Waals surface area contributed by atoms with Gasteiger partial charge in [-0.25, -0.2) is 0 Å². The Morgan fingerprint density at radius 1 is 1.38 bits per heavy atom. The first kappa shape index (κ1) is 13.0. The molecule has 2 N–H and O–H groups in total. The lowest BCUT2D eigenvalue weighted by atomic mass is 10.1. The van der Waals surface area contributed by atoms with Crippen LogP contribution < -0.4 is 5.73 Å². The molecule has 0 aliphatic carbocycles. The van der Waals surface area contributed by atoms with Gasteiger partial charge in [0.2, 0.25) is 0 Å². The third-order valence-corrected chi connectivity index (χ3v) is 2.80. The Hall–Kier alpha value is -1.08. The fraction of sp³-hybridized carbons (Fsp3) is 0.417. The second kappa shape index (κ2) is 5.86. The maximum absolute atomic E-state index is 8.67. The number of halogens is 1. The van der Waals surface area contributed by atoms with Crippen LogP contribution in [0.15, 0.2) is 24.3 Å². The molecule has 16 heavy (non-hydrogen) atoms. The molecule has 4 heteroatoms. The smallest absolute Gasteiger partial charge is 0.0991 e. The summed E-state index contributed by atoms with van der Waals surface area (Å²) in [5, 5.41) is 8.67. The molecule has 0 saturated carbocycles. The largest absolute Gasteiger partial charge is 0.326 e. The Labute approximate surface area is 102 Å². The van der Waals surface area contributed by atoms with Crippen molar-refractivity contribution >= 4 is 12.4 Å². The molecule has 1 fully saturated rings. The summed E-state index contributed by atoms with van der Waals surface area (Å²) in [6.07, 6.45) is 1.09. The molecule has 0 amide bonds. The SMILES string of the molecule is Cl.N#Cc1ccc(CN2CC[C@H](N)C2)cc1. The summed E-state index contributed by atoms with van der Waals surface area (Å²) in [7, 11) is 0. The summed E-state index contributed by atoms with van der Waals surface area (Å²) in [4.78, 5) is 2.35. The summed E-state index contributed by atoms with van der Waals surface area (Å²) < 4.78 is 0. The third-order valence-electron chi connectivity index (χ3n) is 2.80. The molecule has 1 aliphatic rings. The molecule has 1 atom stereocenters. The summed E-state index contributed by atoms with van der Waals surface area (Å²) in [5.74, 6) is 0. The minimum Gasteiger partial charge on any atom is -0.326 e. The molecule has 1 aliphatic heterocycles. The van der Waals surface area contributed by atoms with Crippen LogP contribution >= 0.6 is 12.4 Å². The van der Waals surface area contributed by atoms with E-state index in [-0.39, 0.29) is 12.4 Å². The van der Waals surface area contributed by atoms with Gasteiger partial charge in [0.1, 0.15) is 0 Å². The van der Waals surface area contributed by atoms with E-state index in [0.717, 1.165) is 31.6 Å². The third kappa shape index (κ3) is 3.21. The van der Waals surface area contributed by atoms with E-state index in [2.05, 4.69) is 11.0 Å². The molecule has 1 saturated heterocycles. The van der Waals surface area contributed by atoms with Crippen LogP contribution in [-0.4, -0.2) is 24.0 Å². The fourth-order valence-corrected chi connectivity index (χ4v) is 1.95. The van der Waals surface area contributed by atoms with Gasteiger partial charge in [-0.05, 0) is 24.1 Å². The van der Waals surface area contributed by atoms with Gasteiger partial charge >= 0.3 is 0 Å². The van der Waals surface area contributed by atoms with E-state index in [4.69, 9.17) is 11.0 Å². The van der Waals surface area contributed by atoms with Crippen molar-refractivity contribution < 1.29 is 0 Å². The standard InChI is InChI=1S/C12H15N3.ClH/c13-7-10-1-3-11(4-2-10)8-15-6-5-12(14)9-15;/h1-4,12H,5-6,8-9,14H2;1H/t12-;/m0./s1. The molecule has 0 bridgehead atoms. The highest BCUT2D eigenvalue weighted by atomic mass is 35.5. The van der Waals surface area contributed by atoms with Gasteiger partial charge < -0.3 is 5.73 Å². The van der Waals surface area contributed by atoms with Crippen LogP contribution in [0.3, 0.4) is 0 Å². The Morgan fingerprint density at radius 2 is 2.06 bits per heavy atom. The summed E-state index contributed by atoms with van der Waals surface area (Å²) in [5.41, 5.74) is 7.81. The van der Waals surface area contributed by atoms with Crippen molar-refractivity contribution in [2.45, 2.75) is 19.0 Å². The minimum atomic E-state index is 0. The maximum Gasteiger partial charge on any atom is 0.0991 e. The Balaban J connectivity index is 0.00000128. The van der Waals surface area contributed by atoms with Crippen molar-refractivity contribution in [3.8, 4) is 6.07 Å². The van der Waals surface area contributed by atoms with Gasteiger partial charge in [-0.1, -0.05) is 12.1 Å². The van der Waals surface area contributed by atoms with Crippen LogP contribution in [0.4, 0.5) is 0 Å². The number of nitriles is 1. The fourth-order valence-electron chi connectivity index (χ4n) is 1.95. The van der Waals surface area contributed by atoms with Crippen molar-refractivity contribution in [1.29, 1.82) is 5.26 Å². The van der Waals surface area contributed by atoms with Crippen LogP contribution in [0.5, 0.6) is 0 Å². The molecule has 3 nitrogen and oxygen atoms in total. The van der Waals surface area contributed by atoms with Gasteiger partial charge in [-0.2, -0.15) is 5.26 Å². The zero-order valence-corrected chi connectivity index (χ0v) is 9.91. The van der Waals surface area contributed by atoms with E-state index in [0.29, 0.717) is 6.04 Å². The number of nitrogens with two attached hydrogens (primary N) is 1. The number of hydrogen-bond acceptors (Lipinski definition) is 3.